The van der Waals surface area contributed by atoms with Crippen LogP contribution in [0.15, 0.2) is 25.0 Å². The Bertz CT molecular complexity index is 930. The number of aryl methyl sites for hydroxylation is 1. The number of aliphatic hydroxyl groups is 1. The number of hydrogen-bond acceptors (Lipinski definition) is 2. The van der Waals surface area contributed by atoms with Crippen LogP contribution in [0, 0.1) is 65.1 Å². The summed E-state index contributed by atoms with van der Waals surface area (Å²) in [5.74, 6) is 6.39. The molecule has 0 aliphatic heterocycles. The summed E-state index contributed by atoms with van der Waals surface area (Å²) in [4.78, 5) is 0. The molecule has 1 heterocycles. The van der Waals surface area contributed by atoms with Gasteiger partial charge < -0.3 is 5.11 Å². The Morgan fingerprint density at radius 2 is 1.91 bits per heavy atom. The van der Waals surface area contributed by atoms with Gasteiger partial charge in [-0.1, -0.05) is 26.3 Å². The van der Waals surface area contributed by atoms with Crippen LogP contribution >= 0.6 is 0 Å². The number of allylic oxidation sites excluding steroid dienone is 1. The minimum atomic E-state index is -0.707. The number of hydrogen-bond donors (Lipinski definition) is 1. The lowest BCUT2D eigenvalue weighted by atomic mass is 9.44. The highest BCUT2D eigenvalue weighted by Crippen LogP contribution is 2.71. The Labute approximate surface area is 207 Å². The lowest BCUT2D eigenvalue weighted by molar-refractivity contribution is -0.130. The fourth-order valence-corrected chi connectivity index (χ4v) is 10.7. The van der Waals surface area contributed by atoms with E-state index >= 15 is 0 Å². The molecule has 5 fully saturated rings. The van der Waals surface area contributed by atoms with Crippen LogP contribution in [0.25, 0.3) is 0 Å². The Balaban J connectivity index is 1.31. The smallest absolute Gasteiger partial charge is 0.0848 e. The Kier molecular flexibility index (Phi) is 5.46. The van der Waals surface area contributed by atoms with Gasteiger partial charge in [0.1, 0.15) is 0 Å². The van der Waals surface area contributed by atoms with Gasteiger partial charge in [-0.05, 0) is 135 Å². The Morgan fingerprint density at radius 3 is 2.59 bits per heavy atom. The van der Waals surface area contributed by atoms with Crippen LogP contribution in [0.4, 0.5) is 0 Å². The van der Waals surface area contributed by atoms with Crippen molar-refractivity contribution in [3.05, 3.63) is 30.6 Å². The Morgan fingerprint density at radius 1 is 1.15 bits per heavy atom. The normalized spacial score (nSPS) is 47.9. The predicted molar refractivity (Wildman–Crippen MR) is 138 cm³/mol. The summed E-state index contributed by atoms with van der Waals surface area (Å²) in [6, 6.07) is 0. The van der Waals surface area contributed by atoms with Gasteiger partial charge in [-0.25, -0.2) is 0 Å². The number of rotatable bonds is 5. The van der Waals surface area contributed by atoms with Gasteiger partial charge in [0, 0.05) is 6.20 Å². The van der Waals surface area contributed by atoms with Crippen LogP contribution in [-0.4, -0.2) is 20.5 Å². The van der Waals surface area contributed by atoms with E-state index in [4.69, 9.17) is 0 Å². The molecule has 5 aliphatic rings. The molecule has 0 saturated heterocycles. The molecule has 1 aromatic heterocycles. The van der Waals surface area contributed by atoms with Crippen molar-refractivity contribution in [3.63, 3.8) is 0 Å². The van der Waals surface area contributed by atoms with E-state index in [-0.39, 0.29) is 5.41 Å². The van der Waals surface area contributed by atoms with E-state index in [1.165, 1.54) is 69.8 Å². The van der Waals surface area contributed by atoms with Crippen LogP contribution < -0.4 is 0 Å². The fourth-order valence-electron chi connectivity index (χ4n) is 10.7. The molecule has 188 valence electrons. The molecule has 0 spiro atoms. The molecule has 0 amide bonds. The van der Waals surface area contributed by atoms with Crippen molar-refractivity contribution >= 4 is 0 Å². The summed E-state index contributed by atoms with van der Waals surface area (Å²) in [5, 5.41) is 16.6. The van der Waals surface area contributed by atoms with E-state index < -0.39 is 5.60 Å². The monoisotopic (exact) mass is 464 g/mol. The molecular formula is C31H48N2O. The van der Waals surface area contributed by atoms with E-state index in [9.17, 15) is 5.11 Å². The molecule has 5 aliphatic carbocycles. The highest BCUT2D eigenvalue weighted by Gasteiger charge is 2.66. The van der Waals surface area contributed by atoms with E-state index in [1.54, 1.807) is 0 Å². The molecule has 1 aromatic rings. The molecule has 5 saturated carbocycles. The maximum absolute atomic E-state index is 12.0. The average molecular weight is 465 g/mol. The molecule has 3 heteroatoms. The van der Waals surface area contributed by atoms with Gasteiger partial charge in [0.25, 0.3) is 0 Å². The van der Waals surface area contributed by atoms with Gasteiger partial charge in [-0.3, -0.25) is 4.68 Å². The van der Waals surface area contributed by atoms with Crippen LogP contribution in [0.1, 0.15) is 90.5 Å². The third-order valence-electron chi connectivity index (χ3n) is 12.1. The van der Waals surface area contributed by atoms with Crippen LogP contribution in [0.2, 0.25) is 0 Å². The minimum absolute atomic E-state index is 0.260. The first-order chi connectivity index (χ1) is 16.2. The molecule has 1 N–H and O–H groups in total. The van der Waals surface area contributed by atoms with Crippen LogP contribution in [0.5, 0.6) is 0 Å². The zero-order chi connectivity index (χ0) is 23.9. The topological polar surface area (TPSA) is 38.0 Å². The van der Waals surface area contributed by atoms with Crippen molar-refractivity contribution < 1.29 is 5.11 Å². The molecule has 0 radical (unpaired) electrons. The second-order valence-electron chi connectivity index (χ2n) is 14.2. The summed E-state index contributed by atoms with van der Waals surface area (Å²) in [6.07, 6.45) is 20.2. The fraction of sp³-hybridized carbons (Fsp3) is 0.839. The highest BCUT2D eigenvalue weighted by molar-refractivity contribution is 5.17. The molecule has 3 nitrogen and oxygen atoms in total. The van der Waals surface area contributed by atoms with Gasteiger partial charge in [0.2, 0.25) is 0 Å². The largest absolute Gasteiger partial charge is 0.388 e. The quantitative estimate of drug-likeness (QED) is 0.475. The minimum Gasteiger partial charge on any atom is -0.388 e. The van der Waals surface area contributed by atoms with Gasteiger partial charge in [0.15, 0.2) is 0 Å². The lowest BCUT2D eigenvalue weighted by Crippen LogP contribution is -2.55. The first kappa shape index (κ1) is 23.3. The zero-order valence-electron chi connectivity index (χ0n) is 22.2. The van der Waals surface area contributed by atoms with Crippen LogP contribution in [-0.2, 0) is 6.54 Å². The first-order valence-corrected chi connectivity index (χ1v) is 14.5. The van der Waals surface area contributed by atoms with E-state index in [2.05, 4.69) is 51.6 Å². The summed E-state index contributed by atoms with van der Waals surface area (Å²) in [5.41, 5.74) is 1.14. The van der Waals surface area contributed by atoms with Gasteiger partial charge in [0.05, 0.1) is 18.3 Å². The third kappa shape index (κ3) is 3.50. The molecule has 2 unspecified atom stereocenters. The van der Waals surface area contributed by atoms with Gasteiger partial charge >= 0.3 is 0 Å². The third-order valence-corrected chi connectivity index (χ3v) is 12.1. The Hall–Kier alpha value is -1.09. The molecule has 6 rings (SSSR count). The van der Waals surface area contributed by atoms with Crippen molar-refractivity contribution in [2.24, 2.45) is 58.2 Å². The van der Waals surface area contributed by atoms with Crippen molar-refractivity contribution in [1.29, 1.82) is 0 Å². The molecule has 0 aromatic carbocycles. The van der Waals surface area contributed by atoms with Crippen molar-refractivity contribution in [2.45, 2.75) is 104 Å². The van der Waals surface area contributed by atoms with E-state index in [1.807, 2.05) is 10.9 Å². The van der Waals surface area contributed by atoms with Gasteiger partial charge in [-0.15, -0.1) is 6.58 Å². The predicted octanol–water partition coefficient (Wildman–Crippen LogP) is 7.04. The standard InChI is InChI=1S/C31H48N2O/c1-6-31-14-12-24-23(26(31)10-7-20(2)16-31)11-13-29(4)27(15-25(28(24)29)22-8-9-22)30(5,34)19-33-18-21(3)17-32-33/h6,17-18,20,22-28,34H,1,7-16,19H2,2-5H3/t20-,23?,24+,25-,26+,27-,28?,29+,30+,31+/m0/s1. The molecule has 10 atom stereocenters. The lowest BCUT2D eigenvalue weighted by Gasteiger charge is -2.61. The SMILES string of the molecule is C=C[C@]12CC[C@@H]3C(CC[C@@]4(C)C3[C@H](C3CC3)C[C@@H]4[C@](C)(O)Cn3cc(C)cn3)[C@H]1CC[C@H](C)C2. The van der Waals surface area contributed by atoms with Crippen LogP contribution in [0.3, 0.4) is 0 Å². The maximum atomic E-state index is 12.0. The number of fused-ring (bicyclic) bond motifs is 5. The molecular weight excluding hydrogens is 416 g/mol. The number of aromatic nitrogens is 2. The summed E-state index contributed by atoms with van der Waals surface area (Å²) in [7, 11) is 0. The average Bonchev–Trinajstić information content (AvgIpc) is 3.47. The second kappa shape index (κ2) is 7.95. The summed E-state index contributed by atoms with van der Waals surface area (Å²) in [6.45, 7) is 14.3. The van der Waals surface area contributed by atoms with Gasteiger partial charge in [-0.2, -0.15) is 5.10 Å². The second-order valence-corrected chi connectivity index (χ2v) is 14.2. The first-order valence-electron chi connectivity index (χ1n) is 14.5. The maximum Gasteiger partial charge on any atom is 0.0848 e. The molecule has 0 bridgehead atoms. The van der Waals surface area contributed by atoms with E-state index in [0.717, 1.165) is 41.4 Å². The number of nitrogens with zero attached hydrogens (tertiary/aromatic N) is 2. The zero-order valence-corrected chi connectivity index (χ0v) is 22.2. The van der Waals surface area contributed by atoms with Crippen molar-refractivity contribution in [1.82, 2.24) is 9.78 Å². The molecule has 34 heavy (non-hydrogen) atoms. The van der Waals surface area contributed by atoms with Crippen molar-refractivity contribution in [2.75, 3.05) is 0 Å². The van der Waals surface area contributed by atoms with E-state index in [0.29, 0.717) is 17.9 Å². The highest BCUT2D eigenvalue weighted by atomic mass is 16.3. The summed E-state index contributed by atoms with van der Waals surface area (Å²) < 4.78 is 1.99. The van der Waals surface area contributed by atoms with Crippen molar-refractivity contribution in [3.8, 4) is 0 Å². The summed E-state index contributed by atoms with van der Waals surface area (Å²) >= 11 is 0.